The van der Waals surface area contributed by atoms with Crippen LogP contribution in [-0.2, 0) is 16.1 Å². The van der Waals surface area contributed by atoms with Gasteiger partial charge in [-0.25, -0.2) is 0 Å². The minimum atomic E-state index is -0.514. The van der Waals surface area contributed by atoms with E-state index in [1.807, 2.05) is 12.1 Å². The van der Waals surface area contributed by atoms with Gasteiger partial charge < -0.3 is 10.5 Å². The van der Waals surface area contributed by atoms with Crippen LogP contribution in [0.15, 0.2) is 18.2 Å². The number of amides is 1. The van der Waals surface area contributed by atoms with Crippen molar-refractivity contribution in [3.8, 4) is 5.75 Å². The highest BCUT2D eigenvalue weighted by Gasteiger charge is 2.22. The molecule has 1 amide bonds. The largest absolute Gasteiger partial charge is 0.488 e. The molecule has 1 aromatic rings. The zero-order valence-electron chi connectivity index (χ0n) is 9.11. The molecule has 1 aromatic carbocycles. The summed E-state index contributed by atoms with van der Waals surface area (Å²) in [5.41, 5.74) is 8.65. The van der Waals surface area contributed by atoms with Crippen LogP contribution >= 0.6 is 11.6 Å². The number of hydrogen-bond acceptors (Lipinski definition) is 4. The number of primary amides is 1. The molecule has 0 saturated carbocycles. The molecule has 0 fully saturated rings. The number of fused-ring (bicyclic) bond motifs is 1. The number of nitrogens with two attached hydrogens (primary N) is 1. The van der Waals surface area contributed by atoms with E-state index in [1.54, 1.807) is 6.07 Å². The lowest BCUT2D eigenvalue weighted by molar-refractivity contribution is -0.125. The fourth-order valence-corrected chi connectivity index (χ4v) is 1.87. The Morgan fingerprint density at radius 1 is 1.65 bits per heavy atom. The Morgan fingerprint density at radius 2 is 2.47 bits per heavy atom. The van der Waals surface area contributed by atoms with Crippen LogP contribution in [0.5, 0.6) is 5.75 Å². The minimum absolute atomic E-state index is 0.0173. The van der Waals surface area contributed by atoms with Crippen molar-refractivity contribution in [2.75, 3.05) is 13.2 Å². The molecule has 0 bridgehead atoms. The molecule has 5 nitrogen and oxygen atoms in total. The summed E-state index contributed by atoms with van der Waals surface area (Å²) in [6.45, 7) is 0.338. The number of carbonyl (C=O) groups excluding carboxylic acids is 1. The molecule has 0 saturated heterocycles. The van der Waals surface area contributed by atoms with Crippen LogP contribution in [0.25, 0.3) is 0 Å². The van der Waals surface area contributed by atoms with Gasteiger partial charge in [0.25, 0.3) is 0 Å². The number of hydroxylamine groups is 1. The molecule has 17 heavy (non-hydrogen) atoms. The van der Waals surface area contributed by atoms with Gasteiger partial charge in [0.15, 0.2) is 0 Å². The van der Waals surface area contributed by atoms with Crippen LogP contribution in [0.1, 0.15) is 5.56 Å². The molecule has 1 atom stereocenters. The molecule has 2 rings (SSSR count). The van der Waals surface area contributed by atoms with E-state index in [0.717, 1.165) is 17.7 Å². The van der Waals surface area contributed by atoms with Gasteiger partial charge in [-0.15, -0.1) is 0 Å². The molecular formula is C11H13ClN2O3. The Balaban J connectivity index is 1.78. The minimum Gasteiger partial charge on any atom is -0.488 e. The number of benzene rings is 1. The third-order valence-electron chi connectivity index (χ3n) is 2.39. The Hall–Kier alpha value is -1.30. The summed E-state index contributed by atoms with van der Waals surface area (Å²) in [5, 5.41) is 0.700. The molecule has 1 unspecified atom stereocenters. The number of nitrogens with one attached hydrogen (secondary N) is 1. The van der Waals surface area contributed by atoms with E-state index in [-0.39, 0.29) is 12.7 Å². The van der Waals surface area contributed by atoms with Gasteiger partial charge in [-0.05, 0) is 23.8 Å². The summed E-state index contributed by atoms with van der Waals surface area (Å²) in [6.07, 6.45) is 0.749. The average molecular weight is 257 g/mol. The number of carbonyl (C=O) groups is 1. The summed E-state index contributed by atoms with van der Waals surface area (Å²) in [7, 11) is 0. The monoisotopic (exact) mass is 256 g/mol. The molecule has 0 radical (unpaired) electrons. The van der Waals surface area contributed by atoms with Crippen molar-refractivity contribution in [3.63, 3.8) is 0 Å². The van der Waals surface area contributed by atoms with Crippen LogP contribution in [0.2, 0.25) is 5.02 Å². The Bertz CT molecular complexity index is 425. The average Bonchev–Trinajstić information content (AvgIpc) is 2.66. The Morgan fingerprint density at radius 3 is 3.24 bits per heavy atom. The fraction of sp³-hybridized carbons (Fsp3) is 0.364. The first-order valence-corrected chi connectivity index (χ1v) is 5.61. The predicted molar refractivity (Wildman–Crippen MR) is 62.7 cm³/mol. The zero-order chi connectivity index (χ0) is 12.3. The first kappa shape index (κ1) is 12.2. The molecule has 92 valence electrons. The Labute approximate surface area is 104 Å². The van der Waals surface area contributed by atoms with E-state index >= 15 is 0 Å². The van der Waals surface area contributed by atoms with E-state index in [4.69, 9.17) is 26.9 Å². The lowest BCUT2D eigenvalue weighted by atomic mass is 10.1. The second kappa shape index (κ2) is 5.35. The second-order valence-electron chi connectivity index (χ2n) is 3.80. The first-order chi connectivity index (χ1) is 8.15. The van der Waals surface area contributed by atoms with Crippen LogP contribution in [-0.4, -0.2) is 25.2 Å². The van der Waals surface area contributed by atoms with Gasteiger partial charge in [-0.2, -0.15) is 5.48 Å². The maximum Gasteiger partial charge on any atom is 0.245 e. The zero-order valence-corrected chi connectivity index (χ0v) is 9.87. The lowest BCUT2D eigenvalue weighted by Gasteiger charge is -2.11. The molecular weight excluding hydrogens is 244 g/mol. The highest BCUT2D eigenvalue weighted by molar-refractivity contribution is 6.30. The molecule has 3 N–H and O–H groups in total. The van der Waals surface area contributed by atoms with Crippen LogP contribution in [0.3, 0.4) is 0 Å². The Kier molecular flexibility index (Phi) is 3.83. The van der Waals surface area contributed by atoms with Crippen molar-refractivity contribution < 1.29 is 14.4 Å². The van der Waals surface area contributed by atoms with Crippen molar-refractivity contribution in [2.45, 2.75) is 12.5 Å². The molecule has 0 aliphatic carbocycles. The summed E-state index contributed by atoms with van der Waals surface area (Å²) in [5.74, 6) is 0.330. The van der Waals surface area contributed by atoms with Crippen LogP contribution in [0, 0.1) is 0 Å². The van der Waals surface area contributed by atoms with E-state index in [1.165, 1.54) is 0 Å². The van der Waals surface area contributed by atoms with Gasteiger partial charge in [0.1, 0.15) is 18.5 Å². The molecule has 1 aliphatic heterocycles. The lowest BCUT2D eigenvalue weighted by Crippen LogP contribution is -2.32. The van der Waals surface area contributed by atoms with Crippen molar-refractivity contribution in [1.82, 2.24) is 5.48 Å². The summed E-state index contributed by atoms with van der Waals surface area (Å²) < 4.78 is 5.65. The smallest absolute Gasteiger partial charge is 0.245 e. The molecule has 1 aliphatic rings. The van der Waals surface area contributed by atoms with Gasteiger partial charge >= 0.3 is 0 Å². The third-order valence-corrected chi connectivity index (χ3v) is 2.63. The number of halogens is 1. The summed E-state index contributed by atoms with van der Waals surface area (Å²) in [6, 6.07) is 5.53. The van der Waals surface area contributed by atoms with E-state index < -0.39 is 5.91 Å². The second-order valence-corrected chi connectivity index (χ2v) is 4.24. The molecule has 0 aromatic heterocycles. The normalized spacial score (nSPS) is 17.6. The van der Waals surface area contributed by atoms with Crippen molar-refractivity contribution in [3.05, 3.63) is 28.8 Å². The van der Waals surface area contributed by atoms with Crippen molar-refractivity contribution in [1.29, 1.82) is 0 Å². The summed E-state index contributed by atoms with van der Waals surface area (Å²) >= 11 is 5.89. The number of ether oxygens (including phenoxy) is 1. The van der Waals surface area contributed by atoms with Gasteiger partial charge in [0.2, 0.25) is 5.91 Å². The number of hydrogen-bond donors (Lipinski definition) is 2. The van der Waals surface area contributed by atoms with E-state index in [0.29, 0.717) is 11.6 Å². The molecule has 1 heterocycles. The summed E-state index contributed by atoms with van der Waals surface area (Å²) in [4.78, 5) is 15.3. The maximum absolute atomic E-state index is 10.4. The third kappa shape index (κ3) is 3.33. The van der Waals surface area contributed by atoms with Gasteiger partial charge in [0, 0.05) is 11.4 Å². The maximum atomic E-state index is 10.4. The van der Waals surface area contributed by atoms with Gasteiger partial charge in [-0.1, -0.05) is 11.6 Å². The molecule has 6 heteroatoms. The standard InChI is InChI=1S/C11H13ClN2O3/c12-8-1-2-10-7(3-8)4-9(17-10)5-14-16-6-11(13)15/h1-3,9,14H,4-6H2,(H2,13,15). The first-order valence-electron chi connectivity index (χ1n) is 5.23. The van der Waals surface area contributed by atoms with Crippen molar-refractivity contribution >= 4 is 17.5 Å². The van der Waals surface area contributed by atoms with E-state index in [9.17, 15) is 4.79 Å². The quantitative estimate of drug-likeness (QED) is 0.599. The highest BCUT2D eigenvalue weighted by atomic mass is 35.5. The number of rotatable bonds is 5. The van der Waals surface area contributed by atoms with E-state index in [2.05, 4.69) is 5.48 Å². The molecule has 0 spiro atoms. The van der Waals surface area contributed by atoms with Crippen molar-refractivity contribution in [2.24, 2.45) is 5.73 Å². The topological polar surface area (TPSA) is 73.6 Å². The fourth-order valence-electron chi connectivity index (χ4n) is 1.68. The predicted octanol–water partition coefficient (Wildman–Crippen LogP) is 0.650. The van der Waals surface area contributed by atoms with Gasteiger partial charge in [-0.3, -0.25) is 9.63 Å². The SMILES string of the molecule is NC(=O)CONCC1Cc2cc(Cl)ccc2O1. The van der Waals surface area contributed by atoms with Gasteiger partial charge in [0.05, 0.1) is 6.54 Å². The van der Waals surface area contributed by atoms with Crippen LogP contribution < -0.4 is 16.0 Å². The van der Waals surface area contributed by atoms with Crippen LogP contribution in [0.4, 0.5) is 0 Å². The highest BCUT2D eigenvalue weighted by Crippen LogP contribution is 2.30.